The Labute approximate surface area is 91.8 Å². The highest BCUT2D eigenvalue weighted by Crippen LogP contribution is 2.35. The van der Waals surface area contributed by atoms with Gasteiger partial charge in [0.15, 0.2) is 0 Å². The third-order valence-corrected chi connectivity index (χ3v) is 3.22. The molecule has 13 heavy (non-hydrogen) atoms. The van der Waals surface area contributed by atoms with Crippen molar-refractivity contribution in [2.24, 2.45) is 0 Å². The SMILES string of the molecule is CNC1CCOc2c(I)cccc21. The predicted octanol–water partition coefficient (Wildman–Crippen LogP) is 2.33. The van der Waals surface area contributed by atoms with E-state index in [-0.39, 0.29) is 0 Å². The van der Waals surface area contributed by atoms with E-state index >= 15 is 0 Å². The third-order valence-electron chi connectivity index (χ3n) is 2.37. The van der Waals surface area contributed by atoms with Crippen LogP contribution in [0.3, 0.4) is 0 Å². The highest BCUT2D eigenvalue weighted by Gasteiger charge is 2.20. The molecule has 0 spiro atoms. The van der Waals surface area contributed by atoms with Crippen LogP contribution in [-0.2, 0) is 0 Å². The van der Waals surface area contributed by atoms with Gasteiger partial charge in [-0.1, -0.05) is 12.1 Å². The van der Waals surface area contributed by atoms with Crippen LogP contribution in [0.5, 0.6) is 5.75 Å². The van der Waals surface area contributed by atoms with Crippen LogP contribution in [0.25, 0.3) is 0 Å². The van der Waals surface area contributed by atoms with Crippen molar-refractivity contribution in [1.82, 2.24) is 5.32 Å². The summed E-state index contributed by atoms with van der Waals surface area (Å²) in [5.74, 6) is 1.06. The van der Waals surface area contributed by atoms with Crippen LogP contribution in [0.1, 0.15) is 18.0 Å². The standard InChI is InChI=1S/C10H12INO/c1-12-9-5-6-13-10-7(9)3-2-4-8(10)11/h2-4,9,12H,5-6H2,1H3. The van der Waals surface area contributed by atoms with Crippen molar-refractivity contribution in [3.05, 3.63) is 27.3 Å². The summed E-state index contributed by atoms with van der Waals surface area (Å²) < 4.78 is 6.84. The van der Waals surface area contributed by atoms with Gasteiger partial charge in [0.1, 0.15) is 5.75 Å². The van der Waals surface area contributed by atoms with Gasteiger partial charge < -0.3 is 10.1 Å². The molecule has 0 saturated heterocycles. The summed E-state index contributed by atoms with van der Waals surface area (Å²) in [6, 6.07) is 6.76. The van der Waals surface area contributed by atoms with Gasteiger partial charge in [-0.15, -0.1) is 0 Å². The summed E-state index contributed by atoms with van der Waals surface area (Å²) in [6.45, 7) is 0.818. The number of halogens is 1. The molecule has 0 bridgehead atoms. The first-order valence-corrected chi connectivity index (χ1v) is 5.49. The van der Waals surface area contributed by atoms with E-state index in [9.17, 15) is 0 Å². The Bertz CT molecular complexity index is 314. The third kappa shape index (κ3) is 1.67. The lowest BCUT2D eigenvalue weighted by molar-refractivity contribution is 0.255. The molecule has 0 aromatic heterocycles. The summed E-state index contributed by atoms with van der Waals surface area (Å²) >= 11 is 2.32. The first kappa shape index (κ1) is 9.27. The summed E-state index contributed by atoms with van der Waals surface area (Å²) in [7, 11) is 2.00. The van der Waals surface area contributed by atoms with E-state index in [0.29, 0.717) is 6.04 Å². The number of hydrogen-bond acceptors (Lipinski definition) is 2. The van der Waals surface area contributed by atoms with Crippen LogP contribution in [0.15, 0.2) is 18.2 Å². The maximum Gasteiger partial charge on any atom is 0.137 e. The molecule has 2 nitrogen and oxygen atoms in total. The number of hydrogen-bond donors (Lipinski definition) is 1. The monoisotopic (exact) mass is 289 g/mol. The fraction of sp³-hybridized carbons (Fsp3) is 0.400. The minimum absolute atomic E-state index is 0.457. The fourth-order valence-electron chi connectivity index (χ4n) is 1.69. The molecule has 0 aliphatic carbocycles. The molecule has 1 aliphatic heterocycles. The van der Waals surface area contributed by atoms with E-state index in [1.165, 1.54) is 9.13 Å². The van der Waals surface area contributed by atoms with Gasteiger partial charge in [-0.05, 0) is 35.7 Å². The number of rotatable bonds is 1. The van der Waals surface area contributed by atoms with Crippen LogP contribution in [0, 0.1) is 3.57 Å². The molecule has 1 aromatic carbocycles. The summed E-state index contributed by atoms with van der Waals surface area (Å²) in [5.41, 5.74) is 1.29. The molecule has 1 atom stereocenters. The maximum absolute atomic E-state index is 5.64. The van der Waals surface area contributed by atoms with Crippen molar-refractivity contribution in [2.75, 3.05) is 13.7 Å². The van der Waals surface area contributed by atoms with Crippen LogP contribution < -0.4 is 10.1 Å². The lowest BCUT2D eigenvalue weighted by atomic mass is 10.0. The molecule has 1 heterocycles. The van der Waals surface area contributed by atoms with E-state index in [1.54, 1.807) is 0 Å². The van der Waals surface area contributed by atoms with Crippen molar-refractivity contribution in [3.63, 3.8) is 0 Å². The highest BCUT2D eigenvalue weighted by atomic mass is 127. The quantitative estimate of drug-likeness (QED) is 0.801. The average Bonchev–Trinajstić information content (AvgIpc) is 2.18. The van der Waals surface area contributed by atoms with E-state index < -0.39 is 0 Å². The second-order valence-electron chi connectivity index (χ2n) is 3.14. The molecule has 3 heteroatoms. The van der Waals surface area contributed by atoms with Gasteiger partial charge in [-0.3, -0.25) is 0 Å². The van der Waals surface area contributed by atoms with E-state index in [1.807, 2.05) is 7.05 Å². The van der Waals surface area contributed by atoms with E-state index in [0.717, 1.165) is 18.8 Å². The van der Waals surface area contributed by atoms with Gasteiger partial charge in [0.25, 0.3) is 0 Å². The largest absolute Gasteiger partial charge is 0.492 e. The molecular formula is C10H12INO. The molecule has 0 saturated carbocycles. The predicted molar refractivity (Wildman–Crippen MR) is 61.1 cm³/mol. The van der Waals surface area contributed by atoms with Gasteiger partial charge in [-0.2, -0.15) is 0 Å². The van der Waals surface area contributed by atoms with Gasteiger partial charge in [0.05, 0.1) is 10.2 Å². The molecule has 0 amide bonds. The summed E-state index contributed by atoms with van der Waals surface area (Å²) in [4.78, 5) is 0. The second-order valence-corrected chi connectivity index (χ2v) is 4.30. The van der Waals surface area contributed by atoms with Gasteiger partial charge in [0.2, 0.25) is 0 Å². The number of benzene rings is 1. The zero-order chi connectivity index (χ0) is 9.26. The van der Waals surface area contributed by atoms with Gasteiger partial charge >= 0.3 is 0 Å². The lowest BCUT2D eigenvalue weighted by Gasteiger charge is -2.26. The van der Waals surface area contributed by atoms with Crippen LogP contribution in [0.4, 0.5) is 0 Å². The van der Waals surface area contributed by atoms with E-state index in [2.05, 4.69) is 46.1 Å². The fourth-order valence-corrected chi connectivity index (χ4v) is 2.36. The van der Waals surface area contributed by atoms with Crippen LogP contribution >= 0.6 is 22.6 Å². The molecular weight excluding hydrogens is 277 g/mol. The smallest absolute Gasteiger partial charge is 0.137 e. The number of para-hydroxylation sites is 1. The Balaban J connectivity index is 2.45. The zero-order valence-corrected chi connectivity index (χ0v) is 9.67. The molecule has 0 fully saturated rings. The Hall–Kier alpha value is -0.290. The lowest BCUT2D eigenvalue weighted by Crippen LogP contribution is -2.24. The molecule has 0 radical (unpaired) electrons. The molecule has 1 N–H and O–H groups in total. The number of ether oxygens (including phenoxy) is 1. The van der Waals surface area contributed by atoms with Crippen molar-refractivity contribution in [3.8, 4) is 5.75 Å². The Morgan fingerprint density at radius 1 is 1.54 bits per heavy atom. The second kappa shape index (κ2) is 3.84. The minimum atomic E-state index is 0.457. The van der Waals surface area contributed by atoms with Crippen LogP contribution in [-0.4, -0.2) is 13.7 Å². The highest BCUT2D eigenvalue weighted by molar-refractivity contribution is 14.1. The minimum Gasteiger partial charge on any atom is -0.492 e. The van der Waals surface area contributed by atoms with Gasteiger partial charge in [-0.25, -0.2) is 0 Å². The Kier molecular flexibility index (Phi) is 2.74. The van der Waals surface area contributed by atoms with Crippen molar-refractivity contribution < 1.29 is 4.74 Å². The topological polar surface area (TPSA) is 21.3 Å². The zero-order valence-electron chi connectivity index (χ0n) is 7.51. The number of fused-ring (bicyclic) bond motifs is 1. The first-order chi connectivity index (χ1) is 6.33. The van der Waals surface area contributed by atoms with Crippen LogP contribution in [0.2, 0.25) is 0 Å². The molecule has 1 unspecified atom stereocenters. The summed E-state index contributed by atoms with van der Waals surface area (Å²) in [6.07, 6.45) is 1.06. The first-order valence-electron chi connectivity index (χ1n) is 4.41. The summed E-state index contributed by atoms with van der Waals surface area (Å²) in [5, 5.41) is 3.30. The normalized spacial score (nSPS) is 20.6. The molecule has 70 valence electrons. The average molecular weight is 289 g/mol. The maximum atomic E-state index is 5.64. The number of nitrogens with one attached hydrogen (secondary N) is 1. The Morgan fingerprint density at radius 3 is 3.15 bits per heavy atom. The molecule has 1 aliphatic rings. The van der Waals surface area contributed by atoms with Gasteiger partial charge in [0, 0.05) is 18.0 Å². The van der Waals surface area contributed by atoms with E-state index in [4.69, 9.17) is 4.74 Å². The van der Waals surface area contributed by atoms with Crippen molar-refractivity contribution in [1.29, 1.82) is 0 Å². The molecule has 1 aromatic rings. The van der Waals surface area contributed by atoms with Crippen molar-refractivity contribution >= 4 is 22.6 Å². The Morgan fingerprint density at radius 2 is 2.38 bits per heavy atom. The van der Waals surface area contributed by atoms with Crippen molar-refractivity contribution in [2.45, 2.75) is 12.5 Å². The molecule has 2 rings (SSSR count).